The molecule has 122 valence electrons. The van der Waals surface area contributed by atoms with E-state index in [0.717, 1.165) is 29.7 Å². The second-order valence-electron chi connectivity index (χ2n) is 5.26. The molecule has 23 heavy (non-hydrogen) atoms. The molecule has 0 radical (unpaired) electrons. The van der Waals surface area contributed by atoms with Gasteiger partial charge in [0, 0.05) is 0 Å². The second-order valence-corrected chi connectivity index (χ2v) is 5.78. The average Bonchev–Trinajstić information content (AvgIpc) is 2.55. The van der Waals surface area contributed by atoms with Crippen LogP contribution in [0.25, 0.3) is 0 Å². The lowest BCUT2D eigenvalue weighted by Gasteiger charge is -2.08. The highest BCUT2D eigenvalue weighted by molar-refractivity contribution is 6.29. The number of carbonyl (C=O) groups is 1. The monoisotopic (exact) mass is 336 g/mol. The molecule has 0 fully saturated rings. The zero-order valence-electron chi connectivity index (χ0n) is 12.5. The van der Waals surface area contributed by atoms with Crippen molar-refractivity contribution in [2.75, 3.05) is 0 Å². The lowest BCUT2D eigenvalue weighted by molar-refractivity contribution is -0.136. The molecule has 1 atom stereocenters. The van der Waals surface area contributed by atoms with Gasteiger partial charge in [-0.3, -0.25) is 4.79 Å². The third kappa shape index (κ3) is 5.91. The fraction of sp³-hybridized carbons (Fsp3) is 0.278. The number of hydrogen-bond donors (Lipinski definition) is 1. The molecule has 0 saturated heterocycles. The van der Waals surface area contributed by atoms with Crippen LogP contribution >= 0.6 is 11.6 Å². The van der Waals surface area contributed by atoms with Crippen LogP contribution in [-0.2, 0) is 17.8 Å². The van der Waals surface area contributed by atoms with Crippen molar-refractivity contribution in [1.82, 2.24) is 0 Å². The molecule has 2 aromatic rings. The average molecular weight is 337 g/mol. The minimum Gasteiger partial charge on any atom is -0.489 e. The van der Waals surface area contributed by atoms with Gasteiger partial charge in [0.25, 0.3) is 0 Å². The highest BCUT2D eigenvalue weighted by atomic mass is 35.5. The zero-order chi connectivity index (χ0) is 16.7. The molecule has 0 bridgehead atoms. The van der Waals surface area contributed by atoms with Gasteiger partial charge in [0.2, 0.25) is 0 Å². The van der Waals surface area contributed by atoms with Gasteiger partial charge in [-0.25, -0.2) is 4.39 Å². The Kier molecular flexibility index (Phi) is 6.41. The Morgan fingerprint density at radius 1 is 1.09 bits per heavy atom. The summed E-state index contributed by atoms with van der Waals surface area (Å²) in [6, 6.07) is 13.8. The van der Waals surface area contributed by atoms with E-state index in [1.807, 2.05) is 24.3 Å². The van der Waals surface area contributed by atoms with Gasteiger partial charge in [-0.15, -0.1) is 11.6 Å². The minimum atomic E-state index is -0.976. The van der Waals surface area contributed by atoms with E-state index in [0.29, 0.717) is 13.0 Å². The lowest BCUT2D eigenvalue weighted by atomic mass is 10.1. The maximum Gasteiger partial charge on any atom is 0.321 e. The van der Waals surface area contributed by atoms with Crippen molar-refractivity contribution in [3.63, 3.8) is 0 Å². The first-order valence-electron chi connectivity index (χ1n) is 7.37. The highest BCUT2D eigenvalue weighted by Crippen LogP contribution is 2.17. The van der Waals surface area contributed by atoms with Crippen molar-refractivity contribution in [2.45, 2.75) is 31.2 Å². The lowest BCUT2D eigenvalue weighted by Crippen LogP contribution is -2.12. The third-order valence-electron chi connectivity index (χ3n) is 3.43. The molecule has 1 unspecified atom stereocenters. The smallest absolute Gasteiger partial charge is 0.321 e. The Labute approximate surface area is 139 Å². The van der Waals surface area contributed by atoms with Gasteiger partial charge in [0.1, 0.15) is 23.6 Å². The molecule has 0 saturated carbocycles. The van der Waals surface area contributed by atoms with Gasteiger partial charge in [-0.2, -0.15) is 0 Å². The van der Waals surface area contributed by atoms with Gasteiger partial charge in [0.05, 0.1) is 0 Å². The van der Waals surface area contributed by atoms with Crippen LogP contribution in [-0.4, -0.2) is 16.5 Å². The summed E-state index contributed by atoms with van der Waals surface area (Å²) in [5.74, 6) is -0.504. The van der Waals surface area contributed by atoms with E-state index in [2.05, 4.69) is 0 Å². The van der Waals surface area contributed by atoms with Crippen LogP contribution < -0.4 is 4.74 Å². The van der Waals surface area contributed by atoms with E-state index < -0.39 is 11.3 Å². The van der Waals surface area contributed by atoms with Gasteiger partial charge in [-0.05, 0) is 54.7 Å². The Balaban J connectivity index is 1.77. The summed E-state index contributed by atoms with van der Waals surface area (Å²) in [5, 5.41) is 7.89. The molecule has 0 amide bonds. The molecule has 2 aromatic carbocycles. The molecule has 0 aliphatic carbocycles. The van der Waals surface area contributed by atoms with Gasteiger partial charge in [0.15, 0.2) is 0 Å². The summed E-state index contributed by atoms with van der Waals surface area (Å²) < 4.78 is 18.4. The normalized spacial score (nSPS) is 11.9. The summed E-state index contributed by atoms with van der Waals surface area (Å²) in [7, 11) is 0. The van der Waals surface area contributed by atoms with Crippen molar-refractivity contribution in [3.05, 3.63) is 65.5 Å². The second kappa shape index (κ2) is 8.53. The number of halogens is 2. The van der Waals surface area contributed by atoms with Gasteiger partial charge < -0.3 is 9.84 Å². The Morgan fingerprint density at radius 3 is 2.30 bits per heavy atom. The minimum absolute atomic E-state index is 0.264. The number of carboxylic acids is 1. The van der Waals surface area contributed by atoms with E-state index in [1.165, 1.54) is 12.1 Å². The van der Waals surface area contributed by atoms with E-state index in [1.54, 1.807) is 12.1 Å². The standard InChI is InChI=1S/C18H18ClFO3/c19-17(18(21)22)3-1-2-13-6-10-16(11-7-13)23-12-14-4-8-15(20)9-5-14/h4-11,17H,1-3,12H2,(H,21,22). The van der Waals surface area contributed by atoms with Crippen LogP contribution in [0.15, 0.2) is 48.5 Å². The number of ether oxygens (including phenoxy) is 1. The summed E-state index contributed by atoms with van der Waals surface area (Å²) in [5.41, 5.74) is 2.01. The highest BCUT2D eigenvalue weighted by Gasteiger charge is 2.12. The van der Waals surface area contributed by atoms with Crippen molar-refractivity contribution < 1.29 is 19.0 Å². The topological polar surface area (TPSA) is 46.5 Å². The van der Waals surface area contributed by atoms with Crippen molar-refractivity contribution >= 4 is 17.6 Å². The van der Waals surface area contributed by atoms with Gasteiger partial charge in [-0.1, -0.05) is 24.3 Å². The molecule has 5 heteroatoms. The predicted molar refractivity (Wildman–Crippen MR) is 87.4 cm³/mol. The molecule has 0 spiro atoms. The maximum atomic E-state index is 12.8. The van der Waals surface area contributed by atoms with Crippen LogP contribution in [0.3, 0.4) is 0 Å². The quantitative estimate of drug-likeness (QED) is 0.726. The third-order valence-corrected chi connectivity index (χ3v) is 3.84. The molecule has 0 aliphatic heterocycles. The Bertz CT molecular complexity index is 626. The molecule has 0 aliphatic rings. The number of carboxylic acid groups (broad SMARTS) is 1. The maximum absolute atomic E-state index is 12.8. The van der Waals surface area contributed by atoms with Crippen molar-refractivity contribution in [3.8, 4) is 5.75 Å². The van der Waals surface area contributed by atoms with Gasteiger partial charge >= 0.3 is 5.97 Å². The first-order valence-corrected chi connectivity index (χ1v) is 7.81. The number of benzene rings is 2. The van der Waals surface area contributed by atoms with Crippen LogP contribution in [0.1, 0.15) is 24.0 Å². The largest absolute Gasteiger partial charge is 0.489 e. The molecule has 0 aromatic heterocycles. The zero-order valence-corrected chi connectivity index (χ0v) is 13.3. The molecular weight excluding hydrogens is 319 g/mol. The first kappa shape index (κ1) is 17.3. The fourth-order valence-corrected chi connectivity index (χ4v) is 2.26. The molecule has 0 heterocycles. The Hall–Kier alpha value is -2.07. The van der Waals surface area contributed by atoms with Crippen LogP contribution in [0, 0.1) is 5.82 Å². The number of alkyl halides is 1. The molecule has 1 N–H and O–H groups in total. The van der Waals surface area contributed by atoms with E-state index in [4.69, 9.17) is 21.4 Å². The van der Waals surface area contributed by atoms with Crippen molar-refractivity contribution in [1.29, 1.82) is 0 Å². The fourth-order valence-electron chi connectivity index (χ4n) is 2.11. The van der Waals surface area contributed by atoms with Crippen LogP contribution in [0.4, 0.5) is 4.39 Å². The Morgan fingerprint density at radius 2 is 1.70 bits per heavy atom. The molecular formula is C18H18ClFO3. The molecule has 3 nitrogen and oxygen atoms in total. The van der Waals surface area contributed by atoms with E-state index >= 15 is 0 Å². The summed E-state index contributed by atoms with van der Waals surface area (Å²) in [4.78, 5) is 10.6. The number of aliphatic carboxylic acids is 1. The van der Waals surface area contributed by atoms with Crippen LogP contribution in [0.5, 0.6) is 5.75 Å². The van der Waals surface area contributed by atoms with E-state index in [9.17, 15) is 9.18 Å². The number of aryl methyl sites for hydroxylation is 1. The predicted octanol–water partition coefficient (Wildman–Crippen LogP) is 4.42. The van der Waals surface area contributed by atoms with Crippen molar-refractivity contribution in [2.24, 2.45) is 0 Å². The summed E-state index contributed by atoms with van der Waals surface area (Å²) in [6.07, 6.45) is 1.94. The first-order chi connectivity index (χ1) is 11.0. The number of rotatable bonds is 8. The van der Waals surface area contributed by atoms with Crippen LogP contribution in [0.2, 0.25) is 0 Å². The number of hydrogen-bond acceptors (Lipinski definition) is 2. The summed E-state index contributed by atoms with van der Waals surface area (Å²) in [6.45, 7) is 0.381. The molecule has 2 rings (SSSR count). The van der Waals surface area contributed by atoms with E-state index in [-0.39, 0.29) is 5.82 Å². The summed E-state index contributed by atoms with van der Waals surface area (Å²) >= 11 is 5.67. The SMILES string of the molecule is O=C(O)C(Cl)CCCc1ccc(OCc2ccc(F)cc2)cc1.